The van der Waals surface area contributed by atoms with Crippen molar-refractivity contribution in [1.29, 1.82) is 0 Å². The number of hydrogen-bond acceptors (Lipinski definition) is 0. The first kappa shape index (κ1) is 14.8. The maximum atomic E-state index is 2.18. The summed E-state index contributed by atoms with van der Waals surface area (Å²) in [5.41, 5.74) is 3.58. The Bertz CT molecular complexity index is 641. The summed E-state index contributed by atoms with van der Waals surface area (Å²) in [5.74, 6) is 0. The van der Waals surface area contributed by atoms with Crippen LogP contribution in [-0.2, 0) is 0 Å². The van der Waals surface area contributed by atoms with E-state index in [1.54, 1.807) is 0 Å². The van der Waals surface area contributed by atoms with Gasteiger partial charge in [-0.05, 0) is 29.7 Å². The Kier molecular flexibility index (Phi) is 6.02. The van der Waals surface area contributed by atoms with Gasteiger partial charge in [0.15, 0.2) is 0 Å². The molecule has 0 heteroatoms. The standard InChI is InChI=1S/C21H20/c1-2-3-6-13-21(18-20-14-9-5-10-15-20)17-16-19-11-7-4-8-12-19/h2-18H,1H3. The third-order valence-corrected chi connectivity index (χ3v) is 2.99. The Morgan fingerprint density at radius 1 is 0.714 bits per heavy atom. The van der Waals surface area contributed by atoms with Crippen molar-refractivity contribution in [1.82, 2.24) is 0 Å². The molecule has 0 nitrogen and oxygen atoms in total. The zero-order chi connectivity index (χ0) is 14.8. The van der Waals surface area contributed by atoms with Crippen molar-refractivity contribution >= 4 is 12.2 Å². The molecule has 0 heterocycles. The molecule has 0 radical (unpaired) electrons. The zero-order valence-corrected chi connectivity index (χ0v) is 12.3. The fourth-order valence-electron chi connectivity index (χ4n) is 1.93. The number of benzene rings is 2. The minimum absolute atomic E-state index is 1.17. The van der Waals surface area contributed by atoms with Crippen LogP contribution in [0, 0.1) is 0 Å². The second kappa shape index (κ2) is 8.55. The second-order valence-corrected chi connectivity index (χ2v) is 4.68. The maximum absolute atomic E-state index is 2.18. The van der Waals surface area contributed by atoms with Gasteiger partial charge in [0, 0.05) is 0 Å². The monoisotopic (exact) mass is 272 g/mol. The van der Waals surface area contributed by atoms with E-state index in [-0.39, 0.29) is 0 Å². The van der Waals surface area contributed by atoms with Gasteiger partial charge in [-0.1, -0.05) is 97.1 Å². The SMILES string of the molecule is CC=CC=CC(C=Cc1ccccc1)=Cc1ccccc1. The Balaban J connectivity index is 2.24. The van der Waals surface area contributed by atoms with Crippen molar-refractivity contribution in [3.63, 3.8) is 0 Å². The molecule has 2 aromatic rings. The highest BCUT2D eigenvalue weighted by Gasteiger charge is 1.90. The van der Waals surface area contributed by atoms with Crippen LogP contribution in [-0.4, -0.2) is 0 Å². The van der Waals surface area contributed by atoms with Gasteiger partial charge in [0.1, 0.15) is 0 Å². The zero-order valence-electron chi connectivity index (χ0n) is 12.3. The average Bonchev–Trinajstić information content (AvgIpc) is 2.54. The molecular weight excluding hydrogens is 252 g/mol. The normalized spacial score (nSPS) is 12.7. The van der Waals surface area contributed by atoms with Crippen molar-refractivity contribution < 1.29 is 0 Å². The molecule has 0 aliphatic heterocycles. The Morgan fingerprint density at radius 3 is 1.95 bits per heavy atom. The molecule has 0 aromatic heterocycles. The average molecular weight is 272 g/mol. The lowest BCUT2D eigenvalue weighted by Crippen LogP contribution is -1.76. The molecular formula is C21H20. The predicted octanol–water partition coefficient (Wildman–Crippen LogP) is 5.92. The number of hydrogen-bond donors (Lipinski definition) is 0. The van der Waals surface area contributed by atoms with Crippen molar-refractivity contribution in [2.24, 2.45) is 0 Å². The lowest BCUT2D eigenvalue weighted by atomic mass is 10.1. The van der Waals surface area contributed by atoms with Gasteiger partial charge in [-0.2, -0.15) is 0 Å². The first-order chi connectivity index (χ1) is 10.4. The summed E-state index contributed by atoms with van der Waals surface area (Å²) < 4.78 is 0. The molecule has 0 saturated heterocycles. The van der Waals surface area contributed by atoms with E-state index in [4.69, 9.17) is 0 Å². The van der Waals surface area contributed by atoms with Crippen LogP contribution in [0.2, 0.25) is 0 Å². The van der Waals surface area contributed by atoms with Gasteiger partial charge in [-0.3, -0.25) is 0 Å². The van der Waals surface area contributed by atoms with Gasteiger partial charge < -0.3 is 0 Å². The largest absolute Gasteiger partial charge is 0.0877 e. The first-order valence-electron chi connectivity index (χ1n) is 7.18. The van der Waals surface area contributed by atoms with Crippen LogP contribution >= 0.6 is 0 Å². The van der Waals surface area contributed by atoms with Crippen LogP contribution in [0.1, 0.15) is 18.1 Å². The molecule has 0 aliphatic carbocycles. The molecule has 0 amide bonds. The Labute approximate surface area is 127 Å². The lowest BCUT2D eigenvalue weighted by molar-refractivity contribution is 1.62. The van der Waals surface area contributed by atoms with Gasteiger partial charge in [0.05, 0.1) is 0 Å². The van der Waals surface area contributed by atoms with E-state index >= 15 is 0 Å². The third kappa shape index (κ3) is 5.50. The first-order valence-corrected chi connectivity index (χ1v) is 7.18. The number of allylic oxidation sites excluding steroid dienone is 6. The fraction of sp³-hybridized carbons (Fsp3) is 0.0476. The van der Waals surface area contributed by atoms with E-state index in [1.807, 2.05) is 31.2 Å². The van der Waals surface area contributed by atoms with Crippen molar-refractivity contribution in [2.75, 3.05) is 0 Å². The second-order valence-electron chi connectivity index (χ2n) is 4.68. The van der Waals surface area contributed by atoms with Gasteiger partial charge in [-0.15, -0.1) is 0 Å². The molecule has 0 unspecified atom stereocenters. The van der Waals surface area contributed by atoms with E-state index in [2.05, 4.69) is 78.9 Å². The quantitative estimate of drug-likeness (QED) is 0.593. The van der Waals surface area contributed by atoms with E-state index in [1.165, 1.54) is 16.7 Å². The Morgan fingerprint density at radius 2 is 1.33 bits per heavy atom. The lowest BCUT2D eigenvalue weighted by Gasteiger charge is -1.97. The van der Waals surface area contributed by atoms with Crippen LogP contribution < -0.4 is 0 Å². The topological polar surface area (TPSA) is 0 Å². The van der Waals surface area contributed by atoms with Crippen LogP contribution in [0.25, 0.3) is 12.2 Å². The summed E-state index contributed by atoms with van der Waals surface area (Å²) in [6.45, 7) is 2.02. The summed E-state index contributed by atoms with van der Waals surface area (Å²) >= 11 is 0. The molecule has 0 fully saturated rings. The molecule has 0 spiro atoms. The van der Waals surface area contributed by atoms with E-state index in [0.717, 1.165) is 0 Å². The molecule has 21 heavy (non-hydrogen) atoms. The highest BCUT2D eigenvalue weighted by atomic mass is 14.0. The maximum Gasteiger partial charge on any atom is -0.0251 e. The van der Waals surface area contributed by atoms with Crippen molar-refractivity contribution in [3.05, 3.63) is 108 Å². The van der Waals surface area contributed by atoms with E-state index in [0.29, 0.717) is 0 Å². The van der Waals surface area contributed by atoms with E-state index < -0.39 is 0 Å². The van der Waals surface area contributed by atoms with Crippen LogP contribution in [0.3, 0.4) is 0 Å². The van der Waals surface area contributed by atoms with Gasteiger partial charge in [0.2, 0.25) is 0 Å². The molecule has 0 saturated carbocycles. The predicted molar refractivity (Wildman–Crippen MR) is 93.8 cm³/mol. The summed E-state index contributed by atoms with van der Waals surface area (Å²) in [6.07, 6.45) is 14.7. The molecule has 2 aromatic carbocycles. The van der Waals surface area contributed by atoms with Gasteiger partial charge in [0.25, 0.3) is 0 Å². The molecule has 104 valence electrons. The van der Waals surface area contributed by atoms with Gasteiger partial charge in [-0.25, -0.2) is 0 Å². The molecule has 0 bridgehead atoms. The fourth-order valence-corrected chi connectivity index (χ4v) is 1.93. The molecule has 0 aliphatic rings. The van der Waals surface area contributed by atoms with E-state index in [9.17, 15) is 0 Å². The molecule has 2 rings (SSSR count). The Hall–Kier alpha value is -2.60. The smallest absolute Gasteiger partial charge is 0.0251 e. The summed E-state index contributed by atoms with van der Waals surface area (Å²) in [5, 5.41) is 0. The van der Waals surface area contributed by atoms with Crippen molar-refractivity contribution in [2.45, 2.75) is 6.92 Å². The summed E-state index contributed by atoms with van der Waals surface area (Å²) in [7, 11) is 0. The highest BCUT2D eigenvalue weighted by molar-refractivity contribution is 5.64. The summed E-state index contributed by atoms with van der Waals surface area (Å²) in [4.78, 5) is 0. The minimum Gasteiger partial charge on any atom is -0.0877 e. The number of rotatable bonds is 5. The van der Waals surface area contributed by atoms with Crippen LogP contribution in [0.5, 0.6) is 0 Å². The molecule has 0 N–H and O–H groups in total. The third-order valence-electron chi connectivity index (χ3n) is 2.99. The summed E-state index contributed by atoms with van der Waals surface area (Å²) in [6, 6.07) is 20.7. The minimum atomic E-state index is 1.17. The van der Waals surface area contributed by atoms with Crippen molar-refractivity contribution in [3.8, 4) is 0 Å². The molecule has 0 atom stereocenters. The van der Waals surface area contributed by atoms with Crippen LogP contribution in [0.15, 0.2) is 96.6 Å². The van der Waals surface area contributed by atoms with Crippen LogP contribution in [0.4, 0.5) is 0 Å². The van der Waals surface area contributed by atoms with Gasteiger partial charge >= 0.3 is 0 Å². The highest BCUT2D eigenvalue weighted by Crippen LogP contribution is 2.12.